The molecule has 0 saturated heterocycles. The van der Waals surface area contributed by atoms with Gasteiger partial charge in [0, 0.05) is 5.25 Å². The Morgan fingerprint density at radius 1 is 0.714 bits per heavy atom. The van der Waals surface area contributed by atoms with Crippen molar-refractivity contribution in [2.75, 3.05) is 0 Å². The van der Waals surface area contributed by atoms with Crippen molar-refractivity contribution in [1.29, 1.82) is 0 Å². The Morgan fingerprint density at radius 3 is 1.71 bits per heavy atom. The summed E-state index contributed by atoms with van der Waals surface area (Å²) in [7, 11) is 0. The summed E-state index contributed by atoms with van der Waals surface area (Å²) in [6.45, 7) is 4.53. The summed E-state index contributed by atoms with van der Waals surface area (Å²) < 4.78 is 0. The van der Waals surface area contributed by atoms with Gasteiger partial charge in [0.2, 0.25) is 0 Å². The van der Waals surface area contributed by atoms with Gasteiger partial charge in [0.05, 0.1) is 0 Å². The van der Waals surface area contributed by atoms with E-state index in [9.17, 15) is 0 Å². The van der Waals surface area contributed by atoms with Gasteiger partial charge >= 0.3 is 0 Å². The van der Waals surface area contributed by atoms with Gasteiger partial charge in [-0.2, -0.15) is 12.6 Å². The molecule has 0 aliphatic rings. The van der Waals surface area contributed by atoms with Crippen LogP contribution in [0, 0.1) is 0 Å². The highest BCUT2D eigenvalue weighted by atomic mass is 32.1. The fourth-order valence-corrected chi connectivity index (χ4v) is 2.12. The molecule has 0 nitrogen and oxygen atoms in total. The first-order chi connectivity index (χ1) is 6.81. The molecule has 0 bridgehead atoms. The van der Waals surface area contributed by atoms with Crippen LogP contribution in [0.5, 0.6) is 0 Å². The lowest BCUT2D eigenvalue weighted by molar-refractivity contribution is 0.565. The Hall–Kier alpha value is 0.350. The van der Waals surface area contributed by atoms with Gasteiger partial charge in [0.15, 0.2) is 0 Å². The SMILES string of the molecule is CCCCCCCC(S)CCCCC. The Balaban J connectivity index is 3.06. The minimum atomic E-state index is 0.670. The van der Waals surface area contributed by atoms with Crippen LogP contribution in [-0.4, -0.2) is 5.25 Å². The summed E-state index contributed by atoms with van der Waals surface area (Å²) in [6, 6.07) is 0. The van der Waals surface area contributed by atoms with Crippen molar-refractivity contribution < 1.29 is 0 Å². The molecule has 0 amide bonds. The molecular weight excluding hydrogens is 188 g/mol. The summed E-state index contributed by atoms with van der Waals surface area (Å²) in [5, 5.41) is 0.670. The molecule has 86 valence electrons. The summed E-state index contributed by atoms with van der Waals surface area (Å²) in [4.78, 5) is 0. The fourth-order valence-electron chi connectivity index (χ4n) is 1.76. The molecule has 0 aromatic heterocycles. The second kappa shape index (κ2) is 11.4. The smallest absolute Gasteiger partial charge is 0.00168 e. The Morgan fingerprint density at radius 2 is 1.14 bits per heavy atom. The molecule has 14 heavy (non-hydrogen) atoms. The van der Waals surface area contributed by atoms with Gasteiger partial charge in [0.1, 0.15) is 0 Å². The molecule has 1 unspecified atom stereocenters. The number of rotatable bonds is 10. The average molecular weight is 216 g/mol. The summed E-state index contributed by atoms with van der Waals surface area (Å²) >= 11 is 4.63. The van der Waals surface area contributed by atoms with Gasteiger partial charge in [0.25, 0.3) is 0 Å². The Labute approximate surface area is 96.3 Å². The molecule has 0 N–H and O–H groups in total. The molecule has 0 rings (SSSR count). The van der Waals surface area contributed by atoms with E-state index >= 15 is 0 Å². The minimum Gasteiger partial charge on any atom is -0.176 e. The molecule has 0 aliphatic heterocycles. The minimum absolute atomic E-state index is 0.670. The third kappa shape index (κ3) is 10.4. The maximum atomic E-state index is 4.63. The molecule has 0 aromatic carbocycles. The summed E-state index contributed by atoms with van der Waals surface area (Å²) in [6.07, 6.45) is 13.7. The van der Waals surface area contributed by atoms with E-state index in [2.05, 4.69) is 26.5 Å². The molecule has 0 aromatic rings. The van der Waals surface area contributed by atoms with Crippen molar-refractivity contribution in [1.82, 2.24) is 0 Å². The standard InChI is InChI=1S/C13H28S/c1-3-5-7-8-10-12-13(14)11-9-6-4-2/h13-14H,3-12H2,1-2H3. The van der Waals surface area contributed by atoms with Crippen molar-refractivity contribution in [3.8, 4) is 0 Å². The quantitative estimate of drug-likeness (QED) is 0.375. The Kier molecular flexibility index (Phi) is 11.7. The topological polar surface area (TPSA) is 0 Å². The van der Waals surface area contributed by atoms with Gasteiger partial charge in [-0.05, 0) is 12.8 Å². The highest BCUT2D eigenvalue weighted by Gasteiger charge is 2.01. The van der Waals surface area contributed by atoms with Gasteiger partial charge in [-0.25, -0.2) is 0 Å². The number of unbranched alkanes of at least 4 members (excludes halogenated alkanes) is 6. The monoisotopic (exact) mass is 216 g/mol. The van der Waals surface area contributed by atoms with Crippen LogP contribution in [0.2, 0.25) is 0 Å². The van der Waals surface area contributed by atoms with Crippen molar-refractivity contribution in [3.05, 3.63) is 0 Å². The molecule has 1 atom stereocenters. The maximum absolute atomic E-state index is 4.63. The van der Waals surface area contributed by atoms with Crippen LogP contribution in [0.4, 0.5) is 0 Å². The zero-order valence-electron chi connectivity index (χ0n) is 10.1. The first-order valence-corrected chi connectivity index (χ1v) is 7.01. The third-order valence-electron chi connectivity index (χ3n) is 2.78. The molecule has 0 fully saturated rings. The van der Waals surface area contributed by atoms with Crippen LogP contribution in [0.1, 0.15) is 78.1 Å². The van der Waals surface area contributed by atoms with Crippen molar-refractivity contribution in [2.45, 2.75) is 83.3 Å². The van der Waals surface area contributed by atoms with Crippen LogP contribution >= 0.6 is 12.6 Å². The zero-order valence-corrected chi connectivity index (χ0v) is 11.0. The third-order valence-corrected chi connectivity index (χ3v) is 3.30. The average Bonchev–Trinajstić information content (AvgIpc) is 2.18. The van der Waals surface area contributed by atoms with Crippen LogP contribution in [0.25, 0.3) is 0 Å². The number of hydrogen-bond acceptors (Lipinski definition) is 1. The molecule has 0 heterocycles. The molecule has 0 spiro atoms. The molecular formula is C13H28S. The predicted molar refractivity (Wildman–Crippen MR) is 70.3 cm³/mol. The normalized spacial score (nSPS) is 13.1. The Bertz CT molecular complexity index is 101. The van der Waals surface area contributed by atoms with E-state index < -0.39 is 0 Å². The van der Waals surface area contributed by atoms with E-state index in [1.165, 1.54) is 64.2 Å². The van der Waals surface area contributed by atoms with Crippen molar-refractivity contribution in [3.63, 3.8) is 0 Å². The second-order valence-corrected chi connectivity index (χ2v) is 5.08. The predicted octanol–water partition coefficient (Wildman–Crippen LogP) is 5.23. The van der Waals surface area contributed by atoms with Gasteiger partial charge in [-0.1, -0.05) is 65.2 Å². The van der Waals surface area contributed by atoms with Crippen LogP contribution in [0.3, 0.4) is 0 Å². The first kappa shape index (κ1) is 14.3. The highest BCUT2D eigenvalue weighted by Crippen LogP contribution is 2.16. The molecule has 1 heteroatoms. The van der Waals surface area contributed by atoms with E-state index in [4.69, 9.17) is 0 Å². The molecule has 0 radical (unpaired) electrons. The zero-order chi connectivity index (χ0) is 10.6. The molecule has 0 saturated carbocycles. The van der Waals surface area contributed by atoms with Crippen molar-refractivity contribution in [2.24, 2.45) is 0 Å². The lowest BCUT2D eigenvalue weighted by Gasteiger charge is -2.09. The van der Waals surface area contributed by atoms with Crippen molar-refractivity contribution >= 4 is 12.6 Å². The molecule has 0 aliphatic carbocycles. The van der Waals surface area contributed by atoms with E-state index in [-0.39, 0.29) is 0 Å². The highest BCUT2D eigenvalue weighted by molar-refractivity contribution is 7.80. The maximum Gasteiger partial charge on any atom is 0.00168 e. The van der Waals surface area contributed by atoms with E-state index in [1.54, 1.807) is 0 Å². The second-order valence-electron chi connectivity index (χ2n) is 4.35. The summed E-state index contributed by atoms with van der Waals surface area (Å²) in [5.41, 5.74) is 0. The van der Waals surface area contributed by atoms with Crippen LogP contribution in [0.15, 0.2) is 0 Å². The van der Waals surface area contributed by atoms with Gasteiger partial charge in [-0.3, -0.25) is 0 Å². The first-order valence-electron chi connectivity index (χ1n) is 6.49. The van der Waals surface area contributed by atoms with E-state index in [1.807, 2.05) is 0 Å². The summed E-state index contributed by atoms with van der Waals surface area (Å²) in [5.74, 6) is 0. The van der Waals surface area contributed by atoms with Gasteiger partial charge in [-0.15, -0.1) is 0 Å². The lowest BCUT2D eigenvalue weighted by atomic mass is 10.1. The van der Waals surface area contributed by atoms with E-state index in [0.717, 1.165) is 0 Å². The van der Waals surface area contributed by atoms with Crippen LogP contribution < -0.4 is 0 Å². The van der Waals surface area contributed by atoms with E-state index in [0.29, 0.717) is 5.25 Å². The largest absolute Gasteiger partial charge is 0.176 e. The number of hydrogen-bond donors (Lipinski definition) is 1. The van der Waals surface area contributed by atoms with Crippen LogP contribution in [-0.2, 0) is 0 Å². The lowest BCUT2D eigenvalue weighted by Crippen LogP contribution is -1.98. The fraction of sp³-hybridized carbons (Fsp3) is 1.00. The number of thiol groups is 1. The van der Waals surface area contributed by atoms with Gasteiger partial charge < -0.3 is 0 Å².